The number of likely N-dealkylation sites (tertiary alicyclic amines) is 1. The Morgan fingerprint density at radius 2 is 1.60 bits per heavy atom. The van der Waals surface area contributed by atoms with Crippen LogP contribution in [0.1, 0.15) is 56.6 Å². The van der Waals surface area contributed by atoms with Crippen molar-refractivity contribution >= 4 is 5.97 Å². The Hall–Kier alpha value is -2.17. The van der Waals surface area contributed by atoms with Crippen LogP contribution in [0.3, 0.4) is 0 Å². The fraction of sp³-hybridized carbons (Fsp3) is 0.581. The number of carbonyl (C=O) groups excluding carboxylic acids is 1. The zero-order chi connectivity index (χ0) is 23.9. The lowest BCUT2D eigenvalue weighted by Gasteiger charge is -2.75. The average Bonchev–Trinajstić information content (AvgIpc) is 2.91. The Morgan fingerprint density at radius 1 is 0.943 bits per heavy atom. The number of hydrogen-bond donors (Lipinski definition) is 0. The standard InChI is InChI=1S/C31H40N2O2/c1-2-35-29(34)24-11-9-16-32(21-24)17-10-18-33-22-28-30(25-12-5-3-6-13-25)19-27(33)20-31(28,23-30)26-14-7-4-8-15-26/h3-8,12-15,24,27-28H,2,9-11,16-23H2,1H3. The summed E-state index contributed by atoms with van der Waals surface area (Å²) in [6, 6.07) is 23.4. The molecule has 3 saturated carbocycles. The number of fused-ring (bicyclic) bond motifs is 1. The van der Waals surface area contributed by atoms with Gasteiger partial charge in [0.05, 0.1) is 12.5 Å². The number of rotatable bonds is 8. The van der Waals surface area contributed by atoms with Crippen molar-refractivity contribution in [2.24, 2.45) is 11.8 Å². The van der Waals surface area contributed by atoms with Crippen molar-refractivity contribution in [1.82, 2.24) is 9.80 Å². The maximum Gasteiger partial charge on any atom is 0.310 e. The van der Waals surface area contributed by atoms with E-state index in [9.17, 15) is 4.79 Å². The van der Waals surface area contributed by atoms with Crippen LogP contribution >= 0.6 is 0 Å². The third-order valence-electron chi connectivity index (χ3n) is 9.84. The van der Waals surface area contributed by atoms with E-state index in [-0.39, 0.29) is 11.9 Å². The molecule has 3 heterocycles. The van der Waals surface area contributed by atoms with Gasteiger partial charge in [-0.3, -0.25) is 9.69 Å². The Labute approximate surface area is 210 Å². The maximum atomic E-state index is 12.2. The molecule has 4 heteroatoms. The molecular weight excluding hydrogens is 432 g/mol. The maximum absolute atomic E-state index is 12.2. The van der Waals surface area contributed by atoms with Crippen LogP contribution in [0.2, 0.25) is 0 Å². The normalized spacial score (nSPS) is 34.4. The molecule has 2 aromatic rings. The molecule has 4 nitrogen and oxygen atoms in total. The van der Waals surface area contributed by atoms with Crippen molar-refractivity contribution in [3.8, 4) is 0 Å². The molecule has 35 heavy (non-hydrogen) atoms. The molecule has 3 aliphatic carbocycles. The largest absolute Gasteiger partial charge is 0.466 e. The van der Waals surface area contributed by atoms with E-state index in [4.69, 9.17) is 4.74 Å². The van der Waals surface area contributed by atoms with Crippen molar-refractivity contribution in [2.75, 3.05) is 39.3 Å². The van der Waals surface area contributed by atoms with Gasteiger partial charge in [0, 0.05) is 30.0 Å². The molecule has 3 unspecified atom stereocenters. The van der Waals surface area contributed by atoms with Gasteiger partial charge in [0.15, 0.2) is 0 Å². The molecule has 186 valence electrons. The van der Waals surface area contributed by atoms with Crippen LogP contribution in [-0.2, 0) is 20.4 Å². The lowest BCUT2D eigenvalue weighted by molar-refractivity contribution is -0.162. The number of nitrogens with zero attached hydrogens (tertiary/aromatic N) is 2. The quantitative estimate of drug-likeness (QED) is 0.505. The molecule has 0 aromatic heterocycles. The predicted octanol–water partition coefficient (Wildman–Crippen LogP) is 5.03. The van der Waals surface area contributed by atoms with Crippen LogP contribution in [0.15, 0.2) is 60.7 Å². The number of ether oxygens (including phenoxy) is 1. The predicted molar refractivity (Wildman–Crippen MR) is 139 cm³/mol. The van der Waals surface area contributed by atoms with Crippen LogP contribution in [0.5, 0.6) is 0 Å². The number of benzene rings is 2. The van der Waals surface area contributed by atoms with Crippen LogP contribution in [0, 0.1) is 11.8 Å². The molecule has 8 rings (SSSR count). The fourth-order valence-corrected chi connectivity index (χ4v) is 8.41. The lowest BCUT2D eigenvalue weighted by Crippen LogP contribution is -2.76. The molecule has 3 aliphatic heterocycles. The third kappa shape index (κ3) is 3.94. The Kier molecular flexibility index (Phi) is 6.22. The number of esters is 1. The minimum Gasteiger partial charge on any atom is -0.466 e. The van der Waals surface area contributed by atoms with E-state index in [0.29, 0.717) is 29.4 Å². The summed E-state index contributed by atoms with van der Waals surface area (Å²) in [6.45, 7) is 7.88. The van der Waals surface area contributed by atoms with Gasteiger partial charge in [-0.15, -0.1) is 0 Å². The Morgan fingerprint density at radius 3 is 2.20 bits per heavy atom. The Bertz CT molecular complexity index is 971. The summed E-state index contributed by atoms with van der Waals surface area (Å²) in [7, 11) is 0. The summed E-state index contributed by atoms with van der Waals surface area (Å²) in [5, 5.41) is 0. The third-order valence-corrected chi connectivity index (χ3v) is 9.84. The minimum absolute atomic E-state index is 0.00202. The van der Waals surface area contributed by atoms with E-state index >= 15 is 0 Å². The lowest BCUT2D eigenvalue weighted by atomic mass is 9.33. The van der Waals surface area contributed by atoms with Crippen molar-refractivity contribution in [3.05, 3.63) is 71.8 Å². The first-order valence-corrected chi connectivity index (χ1v) is 13.9. The summed E-state index contributed by atoms with van der Waals surface area (Å²) in [5.41, 5.74) is 3.85. The highest BCUT2D eigenvalue weighted by atomic mass is 16.5. The molecule has 3 saturated heterocycles. The number of carbonyl (C=O) groups is 1. The molecule has 3 atom stereocenters. The number of piperidine rings is 3. The number of hydrogen-bond acceptors (Lipinski definition) is 4. The smallest absolute Gasteiger partial charge is 0.310 e. The molecule has 6 fully saturated rings. The first-order chi connectivity index (χ1) is 17.1. The van der Waals surface area contributed by atoms with Gasteiger partial charge in [-0.2, -0.15) is 0 Å². The van der Waals surface area contributed by atoms with E-state index in [1.165, 1.54) is 38.8 Å². The fourth-order valence-electron chi connectivity index (χ4n) is 8.41. The molecule has 6 aliphatic rings. The highest BCUT2D eigenvalue weighted by Gasteiger charge is 2.71. The van der Waals surface area contributed by atoms with Gasteiger partial charge < -0.3 is 9.64 Å². The van der Waals surface area contributed by atoms with Gasteiger partial charge in [0.2, 0.25) is 0 Å². The molecule has 2 aromatic carbocycles. The SMILES string of the molecule is CCOC(=O)C1CCCN(CCCN2CC3C4(c5ccccc5)CC2CC3(c2ccccc2)C4)C1. The zero-order valence-corrected chi connectivity index (χ0v) is 21.2. The van der Waals surface area contributed by atoms with Gasteiger partial charge >= 0.3 is 5.97 Å². The van der Waals surface area contributed by atoms with E-state index in [0.717, 1.165) is 32.5 Å². The van der Waals surface area contributed by atoms with Gasteiger partial charge in [-0.05, 0) is 82.1 Å². The van der Waals surface area contributed by atoms with Crippen LogP contribution < -0.4 is 0 Å². The van der Waals surface area contributed by atoms with E-state index in [1.54, 1.807) is 11.1 Å². The second-order valence-corrected chi connectivity index (χ2v) is 11.6. The monoisotopic (exact) mass is 472 g/mol. The summed E-state index contributed by atoms with van der Waals surface area (Å²) < 4.78 is 5.29. The van der Waals surface area contributed by atoms with Crippen LogP contribution in [0.25, 0.3) is 0 Å². The molecular formula is C31H40N2O2. The second kappa shape index (κ2) is 9.37. The van der Waals surface area contributed by atoms with Gasteiger partial charge in [0.25, 0.3) is 0 Å². The first-order valence-electron chi connectivity index (χ1n) is 13.9. The molecule has 4 bridgehead atoms. The van der Waals surface area contributed by atoms with Gasteiger partial charge in [-0.1, -0.05) is 60.7 Å². The van der Waals surface area contributed by atoms with E-state index in [2.05, 4.69) is 70.5 Å². The summed E-state index contributed by atoms with van der Waals surface area (Å²) in [5.74, 6) is 0.772. The van der Waals surface area contributed by atoms with Crippen molar-refractivity contribution in [3.63, 3.8) is 0 Å². The summed E-state index contributed by atoms with van der Waals surface area (Å²) in [4.78, 5) is 17.5. The van der Waals surface area contributed by atoms with Crippen molar-refractivity contribution in [1.29, 1.82) is 0 Å². The molecule has 0 N–H and O–H groups in total. The molecule has 0 radical (unpaired) electrons. The van der Waals surface area contributed by atoms with Crippen LogP contribution in [0.4, 0.5) is 0 Å². The van der Waals surface area contributed by atoms with Crippen molar-refractivity contribution in [2.45, 2.75) is 62.3 Å². The first kappa shape index (κ1) is 23.2. The van der Waals surface area contributed by atoms with E-state index < -0.39 is 0 Å². The highest BCUT2D eigenvalue weighted by molar-refractivity contribution is 5.72. The zero-order valence-electron chi connectivity index (χ0n) is 21.2. The Balaban J connectivity index is 1.12. The van der Waals surface area contributed by atoms with E-state index in [1.807, 2.05) is 6.92 Å². The topological polar surface area (TPSA) is 32.8 Å². The highest BCUT2D eigenvalue weighted by Crippen LogP contribution is 2.71. The summed E-state index contributed by atoms with van der Waals surface area (Å²) in [6.07, 6.45) is 7.21. The second-order valence-electron chi connectivity index (χ2n) is 11.6. The molecule has 0 spiro atoms. The van der Waals surface area contributed by atoms with Crippen molar-refractivity contribution < 1.29 is 9.53 Å². The van der Waals surface area contributed by atoms with Gasteiger partial charge in [-0.25, -0.2) is 0 Å². The summed E-state index contributed by atoms with van der Waals surface area (Å²) >= 11 is 0. The molecule has 0 amide bonds. The van der Waals surface area contributed by atoms with Crippen LogP contribution in [-0.4, -0.2) is 61.1 Å². The minimum atomic E-state index is 0.00202. The average molecular weight is 473 g/mol. The van der Waals surface area contributed by atoms with Gasteiger partial charge in [0.1, 0.15) is 0 Å².